The van der Waals surface area contributed by atoms with Crippen molar-refractivity contribution in [1.82, 2.24) is 0 Å². The molecule has 0 N–H and O–H groups in total. The van der Waals surface area contributed by atoms with Crippen LogP contribution in [0.3, 0.4) is 0 Å². The highest BCUT2D eigenvalue weighted by Gasteiger charge is 2.27. The van der Waals surface area contributed by atoms with Gasteiger partial charge < -0.3 is 14.2 Å². The predicted molar refractivity (Wildman–Crippen MR) is 86.7 cm³/mol. The van der Waals surface area contributed by atoms with Gasteiger partial charge in [0, 0.05) is 18.2 Å². The second kappa shape index (κ2) is 6.69. The Kier molecular flexibility index (Phi) is 5.62. The standard InChI is InChI=1S/C16H21BrO5/c1-15(2,3)13(18)21-11-7-10(20-6)8-12(9-11)22-14(19)16(4,5)17/h7-9H,1-6H3. The molecule has 0 unspecified atom stereocenters. The summed E-state index contributed by atoms with van der Waals surface area (Å²) in [5.74, 6) is 0.0742. The number of benzene rings is 1. The molecule has 0 bridgehead atoms. The molecular weight excluding hydrogens is 352 g/mol. The average Bonchev–Trinajstić information content (AvgIpc) is 2.36. The normalized spacial score (nSPS) is 11.8. The lowest BCUT2D eigenvalue weighted by Gasteiger charge is -2.18. The maximum absolute atomic E-state index is 11.9. The van der Waals surface area contributed by atoms with Gasteiger partial charge in [0.15, 0.2) is 0 Å². The summed E-state index contributed by atoms with van der Waals surface area (Å²) in [5, 5.41) is 0. The van der Waals surface area contributed by atoms with E-state index in [0.717, 1.165) is 0 Å². The Bertz CT molecular complexity index is 521. The van der Waals surface area contributed by atoms with Gasteiger partial charge in [0.25, 0.3) is 0 Å². The van der Waals surface area contributed by atoms with Crippen LogP contribution in [0.25, 0.3) is 0 Å². The number of ether oxygens (including phenoxy) is 3. The van der Waals surface area contributed by atoms with E-state index in [-0.39, 0.29) is 17.5 Å². The smallest absolute Gasteiger partial charge is 0.327 e. The van der Waals surface area contributed by atoms with E-state index in [4.69, 9.17) is 14.2 Å². The maximum Gasteiger partial charge on any atom is 0.327 e. The molecule has 1 rings (SSSR count). The number of carbonyl (C=O) groups excluding carboxylic acids is 2. The summed E-state index contributed by atoms with van der Waals surface area (Å²) in [6, 6.07) is 4.58. The van der Waals surface area contributed by atoms with Crippen LogP contribution in [-0.2, 0) is 9.59 Å². The average molecular weight is 373 g/mol. The van der Waals surface area contributed by atoms with E-state index in [1.807, 2.05) is 0 Å². The molecule has 0 fully saturated rings. The lowest BCUT2D eigenvalue weighted by atomic mass is 9.97. The minimum absolute atomic E-state index is 0.244. The first-order valence-electron chi connectivity index (χ1n) is 6.76. The fraction of sp³-hybridized carbons (Fsp3) is 0.500. The van der Waals surface area contributed by atoms with Gasteiger partial charge in [-0.05, 0) is 34.6 Å². The van der Waals surface area contributed by atoms with Crippen LogP contribution in [0.5, 0.6) is 17.2 Å². The quantitative estimate of drug-likeness (QED) is 0.457. The number of methoxy groups -OCH3 is 1. The van der Waals surface area contributed by atoms with Gasteiger partial charge >= 0.3 is 11.9 Å². The Morgan fingerprint density at radius 2 is 1.27 bits per heavy atom. The van der Waals surface area contributed by atoms with Crippen LogP contribution < -0.4 is 14.2 Å². The van der Waals surface area contributed by atoms with Crippen molar-refractivity contribution in [2.45, 2.75) is 38.9 Å². The van der Waals surface area contributed by atoms with Gasteiger partial charge in [0.2, 0.25) is 0 Å². The topological polar surface area (TPSA) is 61.8 Å². The summed E-state index contributed by atoms with van der Waals surface area (Å²) >= 11 is 3.23. The van der Waals surface area contributed by atoms with E-state index in [2.05, 4.69) is 15.9 Å². The van der Waals surface area contributed by atoms with Gasteiger partial charge in [0.1, 0.15) is 21.6 Å². The van der Waals surface area contributed by atoms with E-state index >= 15 is 0 Å². The Hall–Kier alpha value is -1.56. The highest BCUT2D eigenvalue weighted by molar-refractivity contribution is 9.10. The third-order valence-corrected chi connectivity index (χ3v) is 2.93. The van der Waals surface area contributed by atoms with E-state index in [9.17, 15) is 9.59 Å². The van der Waals surface area contributed by atoms with Crippen LogP contribution in [0, 0.1) is 5.41 Å². The first-order valence-corrected chi connectivity index (χ1v) is 7.55. The molecule has 1 aromatic rings. The molecule has 5 nitrogen and oxygen atoms in total. The molecule has 0 aliphatic carbocycles. The van der Waals surface area contributed by atoms with Gasteiger partial charge in [-0.2, -0.15) is 0 Å². The second-order valence-electron chi connectivity index (χ2n) is 6.35. The van der Waals surface area contributed by atoms with Gasteiger partial charge in [-0.3, -0.25) is 9.59 Å². The van der Waals surface area contributed by atoms with Gasteiger partial charge in [-0.1, -0.05) is 15.9 Å². The summed E-state index contributed by atoms with van der Waals surface area (Å²) in [6.07, 6.45) is 0. The SMILES string of the molecule is COc1cc(OC(=O)C(C)(C)C)cc(OC(=O)C(C)(C)Br)c1. The fourth-order valence-electron chi connectivity index (χ4n) is 1.27. The van der Waals surface area contributed by atoms with Crippen molar-refractivity contribution >= 4 is 27.9 Å². The lowest BCUT2D eigenvalue weighted by Crippen LogP contribution is -2.29. The Morgan fingerprint density at radius 1 is 0.864 bits per heavy atom. The summed E-state index contributed by atoms with van der Waals surface area (Å²) < 4.78 is 14.9. The number of hydrogen-bond acceptors (Lipinski definition) is 5. The number of hydrogen-bond donors (Lipinski definition) is 0. The Balaban J connectivity index is 3.04. The molecule has 6 heteroatoms. The van der Waals surface area contributed by atoms with Crippen molar-refractivity contribution in [2.75, 3.05) is 7.11 Å². The minimum Gasteiger partial charge on any atom is -0.496 e. The number of halogens is 1. The molecule has 0 amide bonds. The van der Waals surface area contributed by atoms with Crippen molar-refractivity contribution in [3.63, 3.8) is 0 Å². The minimum atomic E-state index is -0.821. The summed E-state index contributed by atoms with van der Waals surface area (Å²) in [5.41, 5.74) is -0.641. The van der Waals surface area contributed by atoms with Crippen LogP contribution >= 0.6 is 15.9 Å². The van der Waals surface area contributed by atoms with Crippen molar-refractivity contribution in [3.05, 3.63) is 18.2 Å². The number of carbonyl (C=O) groups is 2. The number of esters is 2. The molecule has 122 valence electrons. The molecule has 0 aliphatic rings. The van der Waals surface area contributed by atoms with Crippen LogP contribution in [0.2, 0.25) is 0 Å². The monoisotopic (exact) mass is 372 g/mol. The first-order chi connectivity index (χ1) is 9.93. The predicted octanol–water partition coefficient (Wildman–Crippen LogP) is 3.73. The van der Waals surface area contributed by atoms with Gasteiger partial charge in [-0.25, -0.2) is 0 Å². The largest absolute Gasteiger partial charge is 0.496 e. The lowest BCUT2D eigenvalue weighted by molar-refractivity contribution is -0.143. The zero-order valence-corrected chi connectivity index (χ0v) is 15.2. The Morgan fingerprint density at radius 3 is 1.64 bits per heavy atom. The van der Waals surface area contributed by atoms with Crippen molar-refractivity contribution in [2.24, 2.45) is 5.41 Å². The Labute approximate surface area is 139 Å². The van der Waals surface area contributed by atoms with Crippen LogP contribution in [-0.4, -0.2) is 23.4 Å². The third-order valence-electron chi connectivity index (χ3n) is 2.61. The summed E-state index contributed by atoms with van der Waals surface area (Å²) in [7, 11) is 1.48. The molecule has 0 radical (unpaired) electrons. The molecule has 1 aromatic carbocycles. The highest BCUT2D eigenvalue weighted by atomic mass is 79.9. The summed E-state index contributed by atoms with van der Waals surface area (Å²) in [6.45, 7) is 8.61. The maximum atomic E-state index is 11.9. The highest BCUT2D eigenvalue weighted by Crippen LogP contribution is 2.30. The molecular formula is C16H21BrO5. The van der Waals surface area contributed by atoms with E-state index in [1.165, 1.54) is 13.2 Å². The van der Waals surface area contributed by atoms with Gasteiger partial charge in [-0.15, -0.1) is 0 Å². The van der Waals surface area contributed by atoms with E-state index in [1.54, 1.807) is 46.8 Å². The van der Waals surface area contributed by atoms with Crippen LogP contribution in [0.15, 0.2) is 18.2 Å². The zero-order chi connectivity index (χ0) is 17.1. The van der Waals surface area contributed by atoms with Crippen molar-refractivity contribution < 1.29 is 23.8 Å². The molecule has 0 aliphatic heterocycles. The van der Waals surface area contributed by atoms with Gasteiger partial charge in [0.05, 0.1) is 12.5 Å². The number of alkyl halides is 1. The van der Waals surface area contributed by atoms with Crippen LogP contribution in [0.1, 0.15) is 34.6 Å². The van der Waals surface area contributed by atoms with E-state index < -0.39 is 15.7 Å². The summed E-state index contributed by atoms with van der Waals surface area (Å²) in [4.78, 5) is 23.9. The fourth-order valence-corrected chi connectivity index (χ4v) is 1.35. The molecule has 0 heterocycles. The second-order valence-corrected chi connectivity index (χ2v) is 8.33. The zero-order valence-electron chi connectivity index (χ0n) is 13.7. The molecule has 0 atom stereocenters. The molecule has 0 aromatic heterocycles. The number of rotatable bonds is 4. The van der Waals surface area contributed by atoms with Crippen LogP contribution in [0.4, 0.5) is 0 Å². The van der Waals surface area contributed by atoms with Crippen molar-refractivity contribution in [1.29, 1.82) is 0 Å². The third kappa shape index (κ3) is 5.33. The first kappa shape index (κ1) is 18.5. The molecule has 22 heavy (non-hydrogen) atoms. The molecule has 0 saturated carbocycles. The molecule has 0 spiro atoms. The van der Waals surface area contributed by atoms with E-state index in [0.29, 0.717) is 5.75 Å². The molecule has 0 saturated heterocycles. The van der Waals surface area contributed by atoms with Crippen molar-refractivity contribution in [3.8, 4) is 17.2 Å².